The van der Waals surface area contributed by atoms with Crippen LogP contribution in [-0.2, 0) is 11.3 Å². The van der Waals surface area contributed by atoms with Gasteiger partial charge in [-0.15, -0.1) is 0 Å². The van der Waals surface area contributed by atoms with Crippen LogP contribution in [0.15, 0.2) is 53.5 Å². The monoisotopic (exact) mass is 340 g/mol. The van der Waals surface area contributed by atoms with E-state index in [4.69, 9.17) is 11.6 Å². The van der Waals surface area contributed by atoms with E-state index in [-0.39, 0.29) is 17.9 Å². The summed E-state index contributed by atoms with van der Waals surface area (Å²) < 4.78 is 1.77. The van der Waals surface area contributed by atoms with Crippen LogP contribution in [0, 0.1) is 13.8 Å². The molecule has 122 valence electrons. The van der Waals surface area contributed by atoms with Crippen LogP contribution in [0.2, 0.25) is 5.02 Å². The molecule has 5 heteroatoms. The molecule has 0 aliphatic carbocycles. The SMILES string of the molecule is Cc1ccc2c(c1)c(=O)ccn2CC(=O)Nc1ccc(C)c(Cl)c1. The van der Waals surface area contributed by atoms with Crippen molar-refractivity contribution < 1.29 is 4.79 Å². The first-order valence-corrected chi connectivity index (χ1v) is 7.97. The van der Waals surface area contributed by atoms with Gasteiger partial charge >= 0.3 is 0 Å². The van der Waals surface area contributed by atoms with Gasteiger partial charge in [-0.05, 0) is 43.7 Å². The van der Waals surface area contributed by atoms with Gasteiger partial charge in [0.05, 0.1) is 5.52 Å². The van der Waals surface area contributed by atoms with Crippen LogP contribution in [0.1, 0.15) is 11.1 Å². The van der Waals surface area contributed by atoms with E-state index < -0.39 is 0 Å². The van der Waals surface area contributed by atoms with E-state index in [0.717, 1.165) is 16.6 Å². The number of rotatable bonds is 3. The molecule has 0 saturated heterocycles. The summed E-state index contributed by atoms with van der Waals surface area (Å²) >= 11 is 6.08. The zero-order valence-electron chi connectivity index (χ0n) is 13.5. The number of benzene rings is 2. The van der Waals surface area contributed by atoms with Gasteiger partial charge < -0.3 is 9.88 Å². The summed E-state index contributed by atoms with van der Waals surface area (Å²) in [5.41, 5.74) is 3.31. The van der Waals surface area contributed by atoms with Crippen LogP contribution in [0.4, 0.5) is 5.69 Å². The van der Waals surface area contributed by atoms with Gasteiger partial charge in [0.1, 0.15) is 6.54 Å². The molecule has 0 unspecified atom stereocenters. The van der Waals surface area contributed by atoms with Crippen LogP contribution >= 0.6 is 11.6 Å². The molecule has 0 radical (unpaired) electrons. The molecular formula is C19H17ClN2O2. The van der Waals surface area contributed by atoms with Crippen molar-refractivity contribution in [3.05, 3.63) is 75.0 Å². The molecule has 3 aromatic rings. The van der Waals surface area contributed by atoms with Crippen LogP contribution in [0.3, 0.4) is 0 Å². The number of aromatic nitrogens is 1. The number of hydrogen-bond acceptors (Lipinski definition) is 2. The van der Waals surface area contributed by atoms with Gasteiger partial charge in [-0.25, -0.2) is 0 Å². The third kappa shape index (κ3) is 3.34. The molecule has 1 aromatic heterocycles. The second-order valence-corrected chi connectivity index (χ2v) is 6.25. The first kappa shape index (κ1) is 16.3. The molecule has 0 saturated carbocycles. The molecule has 2 aromatic carbocycles. The third-order valence-corrected chi connectivity index (χ3v) is 4.31. The van der Waals surface area contributed by atoms with Gasteiger partial charge in [0, 0.05) is 28.4 Å². The topological polar surface area (TPSA) is 51.1 Å². The Balaban J connectivity index is 1.87. The summed E-state index contributed by atoms with van der Waals surface area (Å²) in [4.78, 5) is 24.3. The number of carbonyl (C=O) groups is 1. The van der Waals surface area contributed by atoms with Crippen LogP contribution in [0.25, 0.3) is 10.9 Å². The van der Waals surface area contributed by atoms with Gasteiger partial charge in [0.2, 0.25) is 5.91 Å². The van der Waals surface area contributed by atoms with Crippen molar-refractivity contribution in [2.45, 2.75) is 20.4 Å². The second-order valence-electron chi connectivity index (χ2n) is 5.84. The number of nitrogens with zero attached hydrogens (tertiary/aromatic N) is 1. The minimum absolute atomic E-state index is 0.0457. The molecule has 0 aliphatic rings. The van der Waals surface area contributed by atoms with Crippen LogP contribution in [0.5, 0.6) is 0 Å². The first-order valence-electron chi connectivity index (χ1n) is 7.60. The molecule has 0 spiro atoms. The number of carbonyl (C=O) groups excluding carboxylic acids is 1. The average molecular weight is 341 g/mol. The maximum atomic E-state index is 12.3. The van der Waals surface area contributed by atoms with Gasteiger partial charge in [0.15, 0.2) is 5.43 Å². The highest BCUT2D eigenvalue weighted by molar-refractivity contribution is 6.31. The number of hydrogen-bond donors (Lipinski definition) is 1. The summed E-state index contributed by atoms with van der Waals surface area (Å²) in [6, 6.07) is 12.5. The number of halogens is 1. The fourth-order valence-corrected chi connectivity index (χ4v) is 2.77. The Hall–Kier alpha value is -2.59. The Morgan fingerprint density at radius 1 is 1.12 bits per heavy atom. The Morgan fingerprint density at radius 2 is 1.92 bits per heavy atom. The average Bonchev–Trinajstić information content (AvgIpc) is 2.54. The molecule has 1 heterocycles. The minimum atomic E-state index is -0.180. The standard InChI is InChI=1S/C19H17ClN2O2/c1-12-3-6-17-15(9-12)18(23)7-8-22(17)11-19(24)21-14-5-4-13(2)16(20)10-14/h3-10H,11H2,1-2H3,(H,21,24). The van der Waals surface area contributed by atoms with Crippen molar-refractivity contribution in [2.24, 2.45) is 0 Å². The molecule has 1 N–H and O–H groups in total. The normalized spacial score (nSPS) is 10.8. The van der Waals surface area contributed by atoms with Gasteiger partial charge in [-0.1, -0.05) is 29.3 Å². The van der Waals surface area contributed by atoms with E-state index in [1.807, 2.05) is 44.2 Å². The van der Waals surface area contributed by atoms with E-state index in [1.54, 1.807) is 16.8 Å². The minimum Gasteiger partial charge on any atom is -0.338 e. The van der Waals surface area contributed by atoms with Gasteiger partial charge in [-0.3, -0.25) is 9.59 Å². The van der Waals surface area contributed by atoms with E-state index in [0.29, 0.717) is 16.1 Å². The molecule has 4 nitrogen and oxygen atoms in total. The smallest absolute Gasteiger partial charge is 0.244 e. The lowest BCUT2D eigenvalue weighted by molar-refractivity contribution is -0.116. The van der Waals surface area contributed by atoms with E-state index in [9.17, 15) is 9.59 Å². The zero-order valence-corrected chi connectivity index (χ0v) is 14.2. The maximum absolute atomic E-state index is 12.3. The lowest BCUT2D eigenvalue weighted by atomic mass is 10.1. The van der Waals surface area contributed by atoms with Crippen LogP contribution < -0.4 is 10.7 Å². The summed E-state index contributed by atoms with van der Waals surface area (Å²) in [5.74, 6) is -0.180. The molecular weight excluding hydrogens is 324 g/mol. The Labute approximate surface area is 144 Å². The summed E-state index contributed by atoms with van der Waals surface area (Å²) in [5, 5.41) is 4.05. The Morgan fingerprint density at radius 3 is 2.67 bits per heavy atom. The van der Waals surface area contributed by atoms with Crippen molar-refractivity contribution in [1.82, 2.24) is 4.57 Å². The molecule has 0 atom stereocenters. The highest BCUT2D eigenvalue weighted by atomic mass is 35.5. The fourth-order valence-electron chi connectivity index (χ4n) is 2.59. The molecule has 3 rings (SSSR count). The highest BCUT2D eigenvalue weighted by Crippen LogP contribution is 2.20. The molecule has 1 amide bonds. The fraction of sp³-hybridized carbons (Fsp3) is 0.158. The highest BCUT2D eigenvalue weighted by Gasteiger charge is 2.08. The van der Waals surface area contributed by atoms with Gasteiger partial charge in [0.25, 0.3) is 0 Å². The number of aryl methyl sites for hydroxylation is 2. The van der Waals surface area contributed by atoms with Crippen molar-refractivity contribution in [3.8, 4) is 0 Å². The predicted molar refractivity (Wildman–Crippen MR) is 97.8 cm³/mol. The number of nitrogens with one attached hydrogen (secondary N) is 1. The molecule has 24 heavy (non-hydrogen) atoms. The van der Waals surface area contributed by atoms with Crippen LogP contribution in [-0.4, -0.2) is 10.5 Å². The van der Waals surface area contributed by atoms with Crippen molar-refractivity contribution in [3.63, 3.8) is 0 Å². The third-order valence-electron chi connectivity index (χ3n) is 3.90. The number of amides is 1. The Kier molecular flexibility index (Phi) is 4.40. The summed E-state index contributed by atoms with van der Waals surface area (Å²) in [6.45, 7) is 3.96. The molecule has 0 fully saturated rings. The summed E-state index contributed by atoms with van der Waals surface area (Å²) in [7, 11) is 0. The quantitative estimate of drug-likeness (QED) is 0.786. The second kappa shape index (κ2) is 6.49. The molecule has 0 aliphatic heterocycles. The number of fused-ring (bicyclic) bond motifs is 1. The summed E-state index contributed by atoms with van der Waals surface area (Å²) in [6.07, 6.45) is 1.64. The zero-order chi connectivity index (χ0) is 17.3. The van der Waals surface area contributed by atoms with Crippen molar-refractivity contribution in [2.75, 3.05) is 5.32 Å². The van der Waals surface area contributed by atoms with E-state index in [2.05, 4.69) is 5.32 Å². The van der Waals surface area contributed by atoms with E-state index >= 15 is 0 Å². The van der Waals surface area contributed by atoms with Crippen molar-refractivity contribution >= 4 is 34.1 Å². The molecule has 0 bridgehead atoms. The lowest BCUT2D eigenvalue weighted by Gasteiger charge is -2.12. The van der Waals surface area contributed by atoms with E-state index in [1.165, 1.54) is 6.07 Å². The number of pyridine rings is 1. The predicted octanol–water partition coefficient (Wildman–Crippen LogP) is 3.91. The lowest BCUT2D eigenvalue weighted by Crippen LogP contribution is -2.20. The number of anilines is 1. The van der Waals surface area contributed by atoms with Gasteiger partial charge in [-0.2, -0.15) is 0 Å². The van der Waals surface area contributed by atoms with Crippen molar-refractivity contribution in [1.29, 1.82) is 0 Å². The maximum Gasteiger partial charge on any atom is 0.244 e. The largest absolute Gasteiger partial charge is 0.338 e. The first-order chi connectivity index (χ1) is 11.4. The Bertz CT molecular complexity index is 992.